The van der Waals surface area contributed by atoms with E-state index in [-0.39, 0.29) is 6.42 Å². The van der Waals surface area contributed by atoms with Gasteiger partial charge in [0.1, 0.15) is 6.04 Å². The second-order valence-electron chi connectivity index (χ2n) is 3.31. The van der Waals surface area contributed by atoms with E-state index in [0.717, 1.165) is 0 Å². The van der Waals surface area contributed by atoms with Crippen LogP contribution in [0.15, 0.2) is 0 Å². The van der Waals surface area contributed by atoms with Gasteiger partial charge in [-0.1, -0.05) is 0 Å². The Hall–Kier alpha value is -1.27. The molecular weight excluding hydrogens is 213 g/mol. The van der Waals surface area contributed by atoms with Gasteiger partial charge in [-0.15, -0.1) is 0 Å². The zero-order valence-corrected chi connectivity index (χ0v) is 7.86. The van der Waals surface area contributed by atoms with E-state index in [9.17, 15) is 22.8 Å². The molecule has 0 aromatic rings. The third kappa shape index (κ3) is 3.41. The van der Waals surface area contributed by atoms with Crippen molar-refractivity contribution in [2.45, 2.75) is 31.5 Å². The van der Waals surface area contributed by atoms with Crippen LogP contribution in [0.25, 0.3) is 0 Å². The fraction of sp³-hybridized carbons (Fsp3) is 0.750. The molecule has 1 atom stereocenters. The van der Waals surface area contributed by atoms with Crippen molar-refractivity contribution in [1.29, 1.82) is 0 Å². The summed E-state index contributed by atoms with van der Waals surface area (Å²) in [6.07, 6.45) is -3.37. The first kappa shape index (κ1) is 11.8. The molecule has 0 radical (unpaired) electrons. The Kier molecular flexibility index (Phi) is 3.54. The zero-order chi connectivity index (χ0) is 11.5. The van der Waals surface area contributed by atoms with Crippen LogP contribution in [0.2, 0.25) is 0 Å². The molecule has 1 fully saturated rings. The lowest BCUT2D eigenvalue weighted by Gasteiger charge is -2.15. The molecule has 7 heteroatoms. The number of rotatable bonds is 1. The summed E-state index contributed by atoms with van der Waals surface area (Å²) in [5.41, 5.74) is 0. The average molecular weight is 224 g/mol. The van der Waals surface area contributed by atoms with Gasteiger partial charge in [0, 0.05) is 6.54 Å². The number of amides is 2. The molecule has 1 saturated heterocycles. The Morgan fingerprint density at radius 1 is 1.40 bits per heavy atom. The molecule has 86 valence electrons. The minimum absolute atomic E-state index is 0.244. The third-order valence-corrected chi connectivity index (χ3v) is 2.10. The van der Waals surface area contributed by atoms with Crippen LogP contribution in [0.3, 0.4) is 0 Å². The van der Waals surface area contributed by atoms with E-state index in [2.05, 4.69) is 5.32 Å². The van der Waals surface area contributed by atoms with E-state index in [1.54, 1.807) is 5.32 Å². The van der Waals surface area contributed by atoms with Crippen molar-refractivity contribution in [3.63, 3.8) is 0 Å². The first-order chi connectivity index (χ1) is 6.91. The number of hydrogen-bond acceptors (Lipinski definition) is 2. The SMILES string of the molecule is O=C1NCCCC[C@@H]1NC(=O)C(F)(F)F. The summed E-state index contributed by atoms with van der Waals surface area (Å²) in [5.74, 6) is -2.62. The monoisotopic (exact) mass is 224 g/mol. The molecule has 0 spiro atoms. The van der Waals surface area contributed by atoms with Gasteiger partial charge in [-0.3, -0.25) is 9.59 Å². The van der Waals surface area contributed by atoms with Crippen LogP contribution in [-0.4, -0.2) is 30.6 Å². The van der Waals surface area contributed by atoms with Crippen LogP contribution in [0.1, 0.15) is 19.3 Å². The van der Waals surface area contributed by atoms with Crippen LogP contribution >= 0.6 is 0 Å². The molecule has 1 aliphatic heterocycles. The minimum atomic E-state index is -4.94. The standard InChI is InChI=1S/C8H11F3N2O2/c9-8(10,11)7(15)13-5-3-1-2-4-12-6(5)14/h5H,1-4H2,(H,12,14)(H,13,15)/t5-/m0/s1. The predicted octanol–water partition coefficient (Wildman–Crippen LogP) is 0.334. The molecule has 0 bridgehead atoms. The molecule has 1 rings (SSSR count). The van der Waals surface area contributed by atoms with E-state index in [4.69, 9.17) is 0 Å². The highest BCUT2D eigenvalue weighted by molar-refractivity contribution is 5.89. The Balaban J connectivity index is 2.56. The fourth-order valence-electron chi connectivity index (χ4n) is 1.32. The first-order valence-corrected chi connectivity index (χ1v) is 4.56. The minimum Gasteiger partial charge on any atom is -0.354 e. The number of carbonyl (C=O) groups is 2. The molecule has 2 N–H and O–H groups in total. The van der Waals surface area contributed by atoms with E-state index in [1.807, 2.05) is 0 Å². The Bertz CT molecular complexity index is 265. The molecule has 1 aliphatic rings. The van der Waals surface area contributed by atoms with Gasteiger partial charge < -0.3 is 10.6 Å². The van der Waals surface area contributed by atoms with Crippen molar-refractivity contribution in [3.8, 4) is 0 Å². The largest absolute Gasteiger partial charge is 0.471 e. The van der Waals surface area contributed by atoms with Gasteiger partial charge >= 0.3 is 12.1 Å². The number of nitrogens with one attached hydrogen (secondary N) is 2. The predicted molar refractivity (Wildman–Crippen MR) is 44.8 cm³/mol. The molecule has 0 saturated carbocycles. The van der Waals surface area contributed by atoms with Crippen molar-refractivity contribution < 1.29 is 22.8 Å². The van der Waals surface area contributed by atoms with Crippen molar-refractivity contribution in [3.05, 3.63) is 0 Å². The number of halogens is 3. The summed E-state index contributed by atoms with van der Waals surface area (Å²) < 4.78 is 35.7. The molecule has 0 unspecified atom stereocenters. The van der Waals surface area contributed by atoms with E-state index in [0.29, 0.717) is 19.4 Å². The zero-order valence-electron chi connectivity index (χ0n) is 7.86. The summed E-state index contributed by atoms with van der Waals surface area (Å²) in [4.78, 5) is 21.8. The maximum Gasteiger partial charge on any atom is 0.471 e. The highest BCUT2D eigenvalue weighted by Gasteiger charge is 2.40. The van der Waals surface area contributed by atoms with Crippen LogP contribution < -0.4 is 10.6 Å². The van der Waals surface area contributed by atoms with Gasteiger partial charge in [0.2, 0.25) is 5.91 Å². The van der Waals surface area contributed by atoms with Crippen LogP contribution in [0.5, 0.6) is 0 Å². The third-order valence-electron chi connectivity index (χ3n) is 2.10. The molecule has 2 amide bonds. The molecule has 1 heterocycles. The molecular formula is C8H11F3N2O2. The van der Waals surface area contributed by atoms with Gasteiger partial charge in [0.25, 0.3) is 0 Å². The lowest BCUT2D eigenvalue weighted by Crippen LogP contribution is -2.49. The van der Waals surface area contributed by atoms with Crippen LogP contribution in [0, 0.1) is 0 Å². The van der Waals surface area contributed by atoms with E-state index < -0.39 is 24.0 Å². The van der Waals surface area contributed by atoms with Crippen LogP contribution in [0.4, 0.5) is 13.2 Å². The smallest absolute Gasteiger partial charge is 0.354 e. The molecule has 4 nitrogen and oxygen atoms in total. The van der Waals surface area contributed by atoms with Gasteiger partial charge in [0.15, 0.2) is 0 Å². The van der Waals surface area contributed by atoms with Crippen molar-refractivity contribution >= 4 is 11.8 Å². The van der Waals surface area contributed by atoms with Gasteiger partial charge in [-0.05, 0) is 19.3 Å². The Morgan fingerprint density at radius 2 is 2.07 bits per heavy atom. The number of hydrogen-bond donors (Lipinski definition) is 2. The fourth-order valence-corrected chi connectivity index (χ4v) is 1.32. The molecule has 0 aliphatic carbocycles. The second-order valence-corrected chi connectivity index (χ2v) is 3.31. The summed E-state index contributed by atoms with van der Waals surface area (Å²) in [6, 6.07) is -1.07. The second kappa shape index (κ2) is 4.50. The van der Waals surface area contributed by atoms with Crippen LogP contribution in [-0.2, 0) is 9.59 Å². The molecule has 0 aromatic heterocycles. The lowest BCUT2D eigenvalue weighted by atomic mass is 10.1. The quantitative estimate of drug-likeness (QED) is 0.674. The maximum absolute atomic E-state index is 11.9. The van der Waals surface area contributed by atoms with Gasteiger partial charge in [0.05, 0.1) is 0 Å². The average Bonchev–Trinajstić information content (AvgIpc) is 2.30. The highest BCUT2D eigenvalue weighted by Crippen LogP contribution is 2.15. The van der Waals surface area contributed by atoms with Crippen molar-refractivity contribution in [2.24, 2.45) is 0 Å². The number of alkyl halides is 3. The first-order valence-electron chi connectivity index (χ1n) is 4.56. The highest BCUT2D eigenvalue weighted by atomic mass is 19.4. The van der Waals surface area contributed by atoms with E-state index >= 15 is 0 Å². The summed E-state index contributed by atoms with van der Waals surface area (Å²) >= 11 is 0. The lowest BCUT2D eigenvalue weighted by molar-refractivity contribution is -0.174. The topological polar surface area (TPSA) is 58.2 Å². The summed E-state index contributed by atoms with van der Waals surface area (Å²) in [7, 11) is 0. The molecule has 0 aromatic carbocycles. The Morgan fingerprint density at radius 3 is 2.67 bits per heavy atom. The van der Waals surface area contributed by atoms with Crippen molar-refractivity contribution in [2.75, 3.05) is 6.54 Å². The van der Waals surface area contributed by atoms with Gasteiger partial charge in [-0.25, -0.2) is 0 Å². The maximum atomic E-state index is 11.9. The van der Waals surface area contributed by atoms with Gasteiger partial charge in [-0.2, -0.15) is 13.2 Å². The summed E-state index contributed by atoms with van der Waals surface area (Å²) in [6.45, 7) is 0.442. The molecule has 15 heavy (non-hydrogen) atoms. The number of carbonyl (C=O) groups excluding carboxylic acids is 2. The normalized spacial score (nSPS) is 22.9. The van der Waals surface area contributed by atoms with Crippen molar-refractivity contribution in [1.82, 2.24) is 10.6 Å². The Labute approximate surface area is 84.2 Å². The van der Waals surface area contributed by atoms with E-state index in [1.165, 1.54) is 0 Å². The summed E-state index contributed by atoms with van der Waals surface area (Å²) in [5, 5.41) is 4.10.